The fourth-order valence-corrected chi connectivity index (χ4v) is 2.77. The Morgan fingerprint density at radius 3 is 2.61 bits per heavy atom. The smallest absolute Gasteiger partial charge is 0.236 e. The van der Waals surface area contributed by atoms with Crippen LogP contribution in [0.25, 0.3) is 0 Å². The van der Waals surface area contributed by atoms with Crippen LogP contribution in [0.5, 0.6) is 0 Å². The Hall–Kier alpha value is -0.610. The Morgan fingerprint density at radius 2 is 2.06 bits per heavy atom. The number of hydrogen-bond acceptors (Lipinski definition) is 3. The van der Waals surface area contributed by atoms with Crippen molar-refractivity contribution >= 4 is 5.91 Å². The lowest BCUT2D eigenvalue weighted by Crippen LogP contribution is -2.50. The van der Waals surface area contributed by atoms with Crippen LogP contribution in [0.4, 0.5) is 0 Å². The number of amides is 1. The summed E-state index contributed by atoms with van der Waals surface area (Å²) in [6, 6.07) is 0.530. The Labute approximate surface area is 111 Å². The Morgan fingerprint density at radius 1 is 1.39 bits per heavy atom. The molecule has 4 nitrogen and oxygen atoms in total. The highest BCUT2D eigenvalue weighted by Gasteiger charge is 2.24. The van der Waals surface area contributed by atoms with Gasteiger partial charge in [-0.1, -0.05) is 19.3 Å². The van der Waals surface area contributed by atoms with Crippen LogP contribution >= 0.6 is 0 Å². The third kappa shape index (κ3) is 3.69. The summed E-state index contributed by atoms with van der Waals surface area (Å²) in [4.78, 5) is 16.4. The van der Waals surface area contributed by atoms with Crippen LogP contribution in [0.1, 0.15) is 32.6 Å². The van der Waals surface area contributed by atoms with Crippen LogP contribution in [-0.2, 0) is 4.79 Å². The maximum absolute atomic E-state index is 12.1. The maximum atomic E-state index is 12.1. The molecule has 1 atom stereocenters. The van der Waals surface area contributed by atoms with E-state index in [1.54, 1.807) is 0 Å². The van der Waals surface area contributed by atoms with Crippen LogP contribution in [-0.4, -0.2) is 61.5 Å². The van der Waals surface area contributed by atoms with Gasteiger partial charge in [0.25, 0.3) is 0 Å². The van der Waals surface area contributed by atoms with E-state index in [-0.39, 0.29) is 0 Å². The summed E-state index contributed by atoms with van der Waals surface area (Å²) >= 11 is 0. The molecule has 4 heteroatoms. The normalized spacial score (nSPS) is 22.9. The molecule has 0 aromatic rings. The number of hydrogen-bond donors (Lipinski definition) is 1. The van der Waals surface area contributed by atoms with Gasteiger partial charge in [0.1, 0.15) is 0 Å². The van der Waals surface area contributed by atoms with E-state index in [0.29, 0.717) is 18.5 Å². The first-order valence-corrected chi connectivity index (χ1v) is 7.35. The molecule has 1 N–H and O–H groups in total. The van der Waals surface area contributed by atoms with Crippen molar-refractivity contribution in [1.29, 1.82) is 0 Å². The van der Waals surface area contributed by atoms with Gasteiger partial charge in [-0.15, -0.1) is 0 Å². The number of carbonyl (C=O) groups is 1. The van der Waals surface area contributed by atoms with E-state index in [1.807, 2.05) is 4.90 Å². The highest BCUT2D eigenvalue weighted by atomic mass is 16.2. The maximum Gasteiger partial charge on any atom is 0.236 e. The summed E-state index contributed by atoms with van der Waals surface area (Å²) in [5, 5.41) is 3.28. The Balaban J connectivity index is 1.71. The zero-order valence-electron chi connectivity index (χ0n) is 11.8. The zero-order valence-corrected chi connectivity index (χ0v) is 11.8. The van der Waals surface area contributed by atoms with E-state index < -0.39 is 0 Å². The number of rotatable bonds is 5. The molecule has 0 aromatic carbocycles. The van der Waals surface area contributed by atoms with E-state index >= 15 is 0 Å². The second-order valence-electron chi connectivity index (χ2n) is 5.93. The van der Waals surface area contributed by atoms with Gasteiger partial charge in [0, 0.05) is 32.2 Å². The number of likely N-dealkylation sites (N-methyl/N-ethyl adjacent to an activating group) is 1. The van der Waals surface area contributed by atoms with Gasteiger partial charge < -0.3 is 10.2 Å². The minimum Gasteiger partial charge on any atom is -0.339 e. The third-order valence-corrected chi connectivity index (χ3v) is 4.51. The first kappa shape index (κ1) is 13.8. The number of nitrogens with one attached hydrogen (secondary N) is 1. The topological polar surface area (TPSA) is 35.6 Å². The molecule has 0 radical (unpaired) electrons. The van der Waals surface area contributed by atoms with Gasteiger partial charge in [0.2, 0.25) is 5.91 Å². The van der Waals surface area contributed by atoms with Crippen LogP contribution in [0.2, 0.25) is 0 Å². The minimum absolute atomic E-state index is 0.291. The lowest BCUT2D eigenvalue weighted by molar-refractivity contribution is -0.133. The Bertz CT molecular complexity index is 272. The van der Waals surface area contributed by atoms with Gasteiger partial charge in [0.05, 0.1) is 6.54 Å². The first-order chi connectivity index (χ1) is 8.66. The summed E-state index contributed by atoms with van der Waals surface area (Å²) in [6.07, 6.45) is 5.44. The lowest BCUT2D eigenvalue weighted by atomic mass is 9.81. The molecule has 1 unspecified atom stereocenters. The molecule has 1 amide bonds. The van der Waals surface area contributed by atoms with E-state index in [2.05, 4.69) is 24.2 Å². The van der Waals surface area contributed by atoms with Crippen molar-refractivity contribution in [2.24, 2.45) is 5.92 Å². The molecule has 104 valence electrons. The molecule has 2 rings (SSSR count). The van der Waals surface area contributed by atoms with Crippen LogP contribution in [0, 0.1) is 5.92 Å². The van der Waals surface area contributed by atoms with E-state index in [4.69, 9.17) is 0 Å². The van der Waals surface area contributed by atoms with Gasteiger partial charge in [-0.25, -0.2) is 0 Å². The largest absolute Gasteiger partial charge is 0.339 e. The van der Waals surface area contributed by atoms with Crippen LogP contribution in [0.15, 0.2) is 0 Å². The summed E-state index contributed by atoms with van der Waals surface area (Å²) < 4.78 is 0. The predicted octanol–water partition coefficient (Wildman–Crippen LogP) is 0.929. The number of carbonyl (C=O) groups excluding carboxylic acids is 1. The summed E-state index contributed by atoms with van der Waals surface area (Å²) in [6.45, 7) is 6.44. The van der Waals surface area contributed by atoms with E-state index in [1.165, 1.54) is 25.7 Å². The van der Waals surface area contributed by atoms with Crippen molar-refractivity contribution in [2.75, 3.05) is 39.8 Å². The van der Waals surface area contributed by atoms with Crippen LogP contribution < -0.4 is 5.32 Å². The number of piperazine rings is 1. The highest BCUT2D eigenvalue weighted by molar-refractivity contribution is 5.78. The standard InChI is InChI=1S/C14H27N3O/c1-12(10-13-4-3-5-13)16(2)11-14(18)17-8-6-15-7-9-17/h12-13,15H,3-11H2,1-2H3. The van der Waals surface area contributed by atoms with Gasteiger partial charge in [-0.05, 0) is 26.3 Å². The zero-order chi connectivity index (χ0) is 13.0. The van der Waals surface area contributed by atoms with Gasteiger partial charge in [-0.2, -0.15) is 0 Å². The fraction of sp³-hybridized carbons (Fsp3) is 0.929. The first-order valence-electron chi connectivity index (χ1n) is 7.35. The van der Waals surface area contributed by atoms with Crippen LogP contribution in [0.3, 0.4) is 0 Å². The predicted molar refractivity (Wildman–Crippen MR) is 73.5 cm³/mol. The quantitative estimate of drug-likeness (QED) is 0.792. The SMILES string of the molecule is CC(CC1CCC1)N(C)CC(=O)N1CCNCC1. The van der Waals surface area contributed by atoms with Crippen molar-refractivity contribution in [1.82, 2.24) is 15.1 Å². The molecule has 2 fully saturated rings. The van der Waals surface area contributed by atoms with E-state index in [0.717, 1.165) is 32.1 Å². The average Bonchev–Trinajstić information content (AvgIpc) is 2.34. The molecule has 0 spiro atoms. The lowest BCUT2D eigenvalue weighted by Gasteiger charge is -2.34. The molecule has 1 aliphatic heterocycles. The molecular weight excluding hydrogens is 226 g/mol. The Kier molecular flexibility index (Phi) is 5.01. The summed E-state index contributed by atoms with van der Waals surface area (Å²) in [5.74, 6) is 1.20. The minimum atomic E-state index is 0.291. The van der Waals surface area contributed by atoms with Gasteiger partial charge in [-0.3, -0.25) is 9.69 Å². The molecule has 0 bridgehead atoms. The second kappa shape index (κ2) is 6.53. The average molecular weight is 253 g/mol. The third-order valence-electron chi connectivity index (χ3n) is 4.51. The monoisotopic (exact) mass is 253 g/mol. The molecule has 2 aliphatic rings. The van der Waals surface area contributed by atoms with Crippen molar-refractivity contribution in [3.8, 4) is 0 Å². The second-order valence-corrected chi connectivity index (χ2v) is 5.93. The van der Waals surface area contributed by atoms with E-state index in [9.17, 15) is 4.79 Å². The fourth-order valence-electron chi connectivity index (χ4n) is 2.77. The molecule has 1 aliphatic carbocycles. The van der Waals surface area contributed by atoms with Crippen molar-refractivity contribution in [3.05, 3.63) is 0 Å². The molecule has 1 saturated carbocycles. The molecular formula is C14H27N3O. The molecule has 1 heterocycles. The van der Waals surface area contributed by atoms with Crippen molar-refractivity contribution in [3.63, 3.8) is 0 Å². The molecule has 1 saturated heterocycles. The van der Waals surface area contributed by atoms with Crippen molar-refractivity contribution < 1.29 is 4.79 Å². The highest BCUT2D eigenvalue weighted by Crippen LogP contribution is 2.31. The molecule has 0 aromatic heterocycles. The van der Waals surface area contributed by atoms with Gasteiger partial charge in [0.15, 0.2) is 0 Å². The molecule has 18 heavy (non-hydrogen) atoms. The summed E-state index contributed by atoms with van der Waals surface area (Å²) in [5.41, 5.74) is 0. The number of nitrogens with zero attached hydrogens (tertiary/aromatic N) is 2. The van der Waals surface area contributed by atoms with Crippen molar-refractivity contribution in [2.45, 2.75) is 38.6 Å². The van der Waals surface area contributed by atoms with Gasteiger partial charge >= 0.3 is 0 Å². The summed E-state index contributed by atoms with van der Waals surface area (Å²) in [7, 11) is 2.09.